The lowest BCUT2D eigenvalue weighted by molar-refractivity contribution is 0.0923. The second-order valence-electron chi connectivity index (χ2n) is 5.83. The van der Waals surface area contributed by atoms with Crippen molar-refractivity contribution in [2.75, 3.05) is 60.1 Å². The van der Waals surface area contributed by atoms with Gasteiger partial charge in [-0.3, -0.25) is 4.90 Å². The van der Waals surface area contributed by atoms with E-state index in [-0.39, 0.29) is 6.61 Å². The largest absolute Gasteiger partial charge is 0.493 e. The summed E-state index contributed by atoms with van der Waals surface area (Å²) < 4.78 is 10.5. The van der Waals surface area contributed by atoms with Crippen LogP contribution in [0, 0.1) is 0 Å². The lowest BCUT2D eigenvalue weighted by atomic mass is 10.1. The third-order valence-corrected chi connectivity index (χ3v) is 4.39. The number of hydrogen-bond acceptors (Lipinski definition) is 6. The van der Waals surface area contributed by atoms with E-state index >= 15 is 0 Å². The van der Waals surface area contributed by atoms with E-state index < -0.39 is 6.10 Å². The number of aliphatic hydroxyl groups is 2. The molecular weight excluding hydrogens is 296 g/mol. The maximum atomic E-state index is 10.4. The number of aliphatic hydroxyl groups excluding tert-OH is 2. The molecule has 1 heterocycles. The molecule has 6 heteroatoms. The second kappa shape index (κ2) is 9.08. The van der Waals surface area contributed by atoms with Crippen LogP contribution >= 0.6 is 0 Å². The molecule has 1 unspecified atom stereocenters. The highest BCUT2D eigenvalue weighted by Gasteiger charge is 2.18. The van der Waals surface area contributed by atoms with Crippen molar-refractivity contribution in [2.24, 2.45) is 0 Å². The van der Waals surface area contributed by atoms with Gasteiger partial charge >= 0.3 is 0 Å². The summed E-state index contributed by atoms with van der Waals surface area (Å²) in [4.78, 5) is 4.62. The third kappa shape index (κ3) is 5.07. The van der Waals surface area contributed by atoms with Crippen LogP contribution in [0.5, 0.6) is 11.5 Å². The molecule has 0 aromatic heterocycles. The van der Waals surface area contributed by atoms with Crippen molar-refractivity contribution in [1.82, 2.24) is 9.80 Å². The summed E-state index contributed by atoms with van der Waals surface area (Å²) in [5, 5.41) is 19.4. The van der Waals surface area contributed by atoms with Crippen LogP contribution in [0.3, 0.4) is 0 Å². The number of hydrogen-bond donors (Lipinski definition) is 2. The van der Waals surface area contributed by atoms with Crippen LogP contribution in [0.2, 0.25) is 0 Å². The molecule has 1 saturated heterocycles. The van der Waals surface area contributed by atoms with E-state index in [1.54, 1.807) is 14.2 Å². The number of nitrogens with zero attached hydrogens (tertiary/aromatic N) is 2. The number of β-amino-alcohol motifs (C(OH)–C–C–N with tert-alkyl or cyclic N) is 1. The quantitative estimate of drug-likeness (QED) is 0.735. The molecule has 0 radical (unpaired) electrons. The van der Waals surface area contributed by atoms with Gasteiger partial charge in [0.25, 0.3) is 0 Å². The zero-order chi connectivity index (χ0) is 16.7. The van der Waals surface area contributed by atoms with Crippen molar-refractivity contribution in [1.29, 1.82) is 0 Å². The Kier molecular flexibility index (Phi) is 7.11. The standard InChI is InChI=1S/C17H28N2O4/c1-22-16-4-3-14(13-17(16)23-2)15(21)5-6-18-7-9-19(10-8-18)11-12-20/h3-4,13,15,20-21H,5-12H2,1-2H3. The Hall–Kier alpha value is -1.34. The van der Waals surface area contributed by atoms with Crippen LogP contribution in [0.15, 0.2) is 18.2 Å². The molecule has 0 spiro atoms. The van der Waals surface area contributed by atoms with E-state index in [0.717, 1.165) is 44.8 Å². The van der Waals surface area contributed by atoms with Gasteiger partial charge in [0.1, 0.15) is 0 Å². The highest BCUT2D eigenvalue weighted by atomic mass is 16.5. The number of piperazine rings is 1. The second-order valence-corrected chi connectivity index (χ2v) is 5.83. The molecule has 2 N–H and O–H groups in total. The molecular formula is C17H28N2O4. The molecule has 1 fully saturated rings. The van der Waals surface area contributed by atoms with Crippen molar-refractivity contribution in [3.05, 3.63) is 23.8 Å². The van der Waals surface area contributed by atoms with Gasteiger partial charge in [0.2, 0.25) is 0 Å². The summed E-state index contributed by atoms with van der Waals surface area (Å²) in [5.41, 5.74) is 0.849. The van der Waals surface area contributed by atoms with Crippen LogP contribution in [0.4, 0.5) is 0 Å². The van der Waals surface area contributed by atoms with Crippen molar-refractivity contribution >= 4 is 0 Å². The molecule has 1 aromatic rings. The van der Waals surface area contributed by atoms with Gasteiger partial charge in [-0.15, -0.1) is 0 Å². The fourth-order valence-corrected chi connectivity index (χ4v) is 2.91. The smallest absolute Gasteiger partial charge is 0.161 e. The van der Waals surface area contributed by atoms with E-state index in [1.165, 1.54) is 0 Å². The maximum Gasteiger partial charge on any atom is 0.161 e. The predicted octanol–water partition coefficient (Wildman–Crippen LogP) is 0.737. The molecule has 1 atom stereocenters. The van der Waals surface area contributed by atoms with Crippen LogP contribution in [-0.4, -0.2) is 80.1 Å². The molecule has 0 amide bonds. The van der Waals surface area contributed by atoms with Crippen LogP contribution < -0.4 is 9.47 Å². The maximum absolute atomic E-state index is 10.4. The Bertz CT molecular complexity index is 476. The van der Waals surface area contributed by atoms with Gasteiger partial charge in [0, 0.05) is 39.3 Å². The molecule has 0 aliphatic carbocycles. The zero-order valence-electron chi connectivity index (χ0n) is 14.1. The molecule has 23 heavy (non-hydrogen) atoms. The monoisotopic (exact) mass is 324 g/mol. The van der Waals surface area contributed by atoms with Gasteiger partial charge in [-0.25, -0.2) is 0 Å². The summed E-state index contributed by atoms with van der Waals surface area (Å²) in [6.07, 6.45) is 0.181. The Balaban J connectivity index is 1.82. The average molecular weight is 324 g/mol. The summed E-state index contributed by atoms with van der Waals surface area (Å²) in [6, 6.07) is 5.54. The first-order valence-corrected chi connectivity index (χ1v) is 8.13. The van der Waals surface area contributed by atoms with E-state index in [9.17, 15) is 5.11 Å². The fraction of sp³-hybridized carbons (Fsp3) is 0.647. The minimum Gasteiger partial charge on any atom is -0.493 e. The Morgan fingerprint density at radius 2 is 1.61 bits per heavy atom. The summed E-state index contributed by atoms with van der Waals surface area (Å²) in [7, 11) is 3.20. The first-order valence-electron chi connectivity index (χ1n) is 8.13. The molecule has 6 nitrogen and oxygen atoms in total. The van der Waals surface area contributed by atoms with Gasteiger partial charge in [0.15, 0.2) is 11.5 Å². The predicted molar refractivity (Wildman–Crippen MR) is 89.1 cm³/mol. The van der Waals surface area contributed by atoms with Gasteiger partial charge in [-0.2, -0.15) is 0 Å². The topological polar surface area (TPSA) is 65.4 Å². The number of methoxy groups -OCH3 is 2. The highest BCUT2D eigenvalue weighted by molar-refractivity contribution is 5.43. The molecule has 2 rings (SSSR count). The van der Waals surface area contributed by atoms with E-state index in [4.69, 9.17) is 14.6 Å². The van der Waals surface area contributed by atoms with Crippen molar-refractivity contribution in [3.8, 4) is 11.5 Å². The van der Waals surface area contributed by atoms with E-state index in [0.29, 0.717) is 17.9 Å². The Morgan fingerprint density at radius 3 is 2.17 bits per heavy atom. The van der Waals surface area contributed by atoms with Crippen LogP contribution in [-0.2, 0) is 0 Å². The van der Waals surface area contributed by atoms with Crippen LogP contribution in [0.1, 0.15) is 18.1 Å². The zero-order valence-corrected chi connectivity index (χ0v) is 14.1. The molecule has 1 aromatic carbocycles. The van der Waals surface area contributed by atoms with Gasteiger partial charge < -0.3 is 24.6 Å². The van der Waals surface area contributed by atoms with Gasteiger partial charge in [-0.1, -0.05) is 6.07 Å². The fourth-order valence-electron chi connectivity index (χ4n) is 2.91. The minimum absolute atomic E-state index is 0.220. The first-order chi connectivity index (χ1) is 11.2. The Labute approximate surface area is 138 Å². The minimum atomic E-state index is -0.509. The van der Waals surface area contributed by atoms with Crippen LogP contribution in [0.25, 0.3) is 0 Å². The van der Waals surface area contributed by atoms with Crippen molar-refractivity contribution < 1.29 is 19.7 Å². The summed E-state index contributed by atoms with van der Waals surface area (Å²) in [5.74, 6) is 1.31. The first kappa shape index (κ1) is 18.0. The van der Waals surface area contributed by atoms with Gasteiger partial charge in [0.05, 0.1) is 26.9 Å². The SMILES string of the molecule is COc1ccc(C(O)CCN2CCN(CCO)CC2)cc1OC. The normalized spacial score (nSPS) is 17.9. The molecule has 130 valence electrons. The third-order valence-electron chi connectivity index (χ3n) is 4.39. The number of benzene rings is 1. The molecule has 1 aliphatic rings. The number of rotatable bonds is 8. The van der Waals surface area contributed by atoms with E-state index in [2.05, 4.69) is 9.80 Å². The lowest BCUT2D eigenvalue weighted by Gasteiger charge is -2.34. The van der Waals surface area contributed by atoms with Crippen molar-refractivity contribution in [3.63, 3.8) is 0 Å². The lowest BCUT2D eigenvalue weighted by Crippen LogP contribution is -2.47. The Morgan fingerprint density at radius 1 is 1.00 bits per heavy atom. The number of ether oxygens (including phenoxy) is 2. The van der Waals surface area contributed by atoms with Crippen molar-refractivity contribution in [2.45, 2.75) is 12.5 Å². The van der Waals surface area contributed by atoms with E-state index in [1.807, 2.05) is 18.2 Å². The molecule has 1 aliphatic heterocycles. The average Bonchev–Trinajstić information content (AvgIpc) is 2.60. The highest BCUT2D eigenvalue weighted by Crippen LogP contribution is 2.30. The van der Waals surface area contributed by atoms with Gasteiger partial charge in [-0.05, 0) is 24.1 Å². The molecule has 0 bridgehead atoms. The summed E-state index contributed by atoms with van der Waals surface area (Å²) >= 11 is 0. The summed E-state index contributed by atoms with van der Waals surface area (Å²) in [6.45, 7) is 5.76. The molecule has 0 saturated carbocycles.